The Bertz CT molecular complexity index is 1220. The lowest BCUT2D eigenvalue weighted by Crippen LogP contribution is -2.58. The van der Waals surface area contributed by atoms with E-state index in [1.54, 1.807) is 0 Å². The fourth-order valence-electron chi connectivity index (χ4n) is 2.47. The summed E-state index contributed by atoms with van der Waals surface area (Å²) in [6.07, 6.45) is -5.24. The number of carbonyl (C=O) groups excluding carboxylic acids is 2. The predicted molar refractivity (Wildman–Crippen MR) is 97.2 cm³/mol. The Morgan fingerprint density at radius 1 is 0.463 bits per heavy atom. The average Bonchev–Trinajstić information content (AvgIpc) is 2.90. The van der Waals surface area contributed by atoms with Gasteiger partial charge in [0.1, 0.15) is 11.4 Å². The first-order valence-electron chi connectivity index (χ1n) is 9.62. The molecule has 6 nitrogen and oxygen atoms in total. The van der Waals surface area contributed by atoms with E-state index >= 15 is 0 Å². The zero-order chi connectivity index (χ0) is 31.8. The van der Waals surface area contributed by atoms with Gasteiger partial charge in [-0.2, -0.15) is 26.3 Å². The third kappa shape index (κ3) is 6.14. The second-order valence-corrected chi connectivity index (χ2v) is 7.28. The number of carbonyl (C=O) groups is 2. The average molecular weight is 630 g/mol. The molecule has 0 aromatic heterocycles. The number of halogens is 16. The monoisotopic (exact) mass is 630 g/mol. The van der Waals surface area contributed by atoms with E-state index in [0.717, 1.165) is 0 Å². The summed E-state index contributed by atoms with van der Waals surface area (Å²) >= 11 is 0. The number of alkyl halides is 6. The molecule has 0 radical (unpaired) electrons. The molecule has 0 fully saturated rings. The van der Waals surface area contributed by atoms with Crippen LogP contribution in [0, 0.1) is 58.2 Å². The minimum atomic E-state index is -6.67. The second kappa shape index (κ2) is 11.4. The molecule has 2 aromatic rings. The molecule has 0 unspecified atom stereocenters. The predicted octanol–water partition coefficient (Wildman–Crippen LogP) is 6.78. The topological polar surface area (TPSA) is 76.7 Å². The number of hydrogen-bond donors (Lipinski definition) is 2. The zero-order valence-corrected chi connectivity index (χ0v) is 18.6. The maximum atomic E-state index is 13.8. The van der Waals surface area contributed by atoms with Crippen molar-refractivity contribution in [3.05, 3.63) is 58.2 Å². The van der Waals surface area contributed by atoms with E-state index in [-0.39, 0.29) is 0 Å². The smallest absolute Gasteiger partial charge is 0.412 e. The van der Waals surface area contributed by atoms with Crippen molar-refractivity contribution in [1.82, 2.24) is 0 Å². The summed E-state index contributed by atoms with van der Waals surface area (Å²) < 4.78 is 222. The van der Waals surface area contributed by atoms with Gasteiger partial charge in [0.05, 0.1) is 0 Å². The van der Waals surface area contributed by atoms with Gasteiger partial charge in [-0.15, -0.1) is 0 Å². The van der Waals surface area contributed by atoms with Crippen LogP contribution in [0.1, 0.15) is 0 Å². The highest BCUT2D eigenvalue weighted by molar-refractivity contribution is 5.85. The van der Waals surface area contributed by atoms with Crippen molar-refractivity contribution in [3.8, 4) is 0 Å². The molecule has 0 spiro atoms. The van der Waals surface area contributed by atoms with Crippen molar-refractivity contribution < 1.29 is 89.3 Å². The van der Waals surface area contributed by atoms with Crippen molar-refractivity contribution in [2.24, 2.45) is 0 Å². The van der Waals surface area contributed by atoms with Crippen LogP contribution in [0.15, 0.2) is 0 Å². The van der Waals surface area contributed by atoms with Gasteiger partial charge in [0.15, 0.2) is 59.8 Å². The van der Waals surface area contributed by atoms with Gasteiger partial charge in [0.25, 0.3) is 0 Å². The molecule has 0 heterocycles. The molecule has 22 heteroatoms. The van der Waals surface area contributed by atoms with Crippen LogP contribution < -0.4 is 10.6 Å². The standard InChI is InChI=1S/C19H6F16N2O4/c20-3-5(22)9(26)13(10(27)6(3)23)36-15(38)40-1-17(30,31)19(34,35)18(32,33)2-41-16(39)37-14-11(28)7(24)4(21)8(25)12(14)29/h1-2H2,(H,36,38)(H,37,39). The van der Waals surface area contributed by atoms with Crippen molar-refractivity contribution in [2.45, 2.75) is 17.8 Å². The van der Waals surface area contributed by atoms with Gasteiger partial charge in [-0.25, -0.2) is 53.5 Å². The molecule has 0 aliphatic carbocycles. The summed E-state index contributed by atoms with van der Waals surface area (Å²) in [5, 5.41) is 1.39. The summed E-state index contributed by atoms with van der Waals surface area (Å²) in [6.45, 7) is -6.15. The van der Waals surface area contributed by atoms with Gasteiger partial charge in [-0.1, -0.05) is 0 Å². The summed E-state index contributed by atoms with van der Waals surface area (Å²) in [4.78, 5) is 22.7. The zero-order valence-electron chi connectivity index (χ0n) is 18.6. The van der Waals surface area contributed by atoms with Gasteiger partial charge in [-0.3, -0.25) is 10.6 Å². The van der Waals surface area contributed by atoms with Crippen LogP contribution >= 0.6 is 0 Å². The number of nitrogens with one attached hydrogen (secondary N) is 2. The Morgan fingerprint density at radius 2 is 0.683 bits per heavy atom. The number of ether oxygens (including phenoxy) is 2. The molecule has 2 rings (SSSR count). The maximum absolute atomic E-state index is 13.8. The van der Waals surface area contributed by atoms with E-state index in [4.69, 9.17) is 0 Å². The third-order valence-electron chi connectivity index (χ3n) is 4.56. The van der Waals surface area contributed by atoms with Crippen LogP contribution in [-0.4, -0.2) is 43.2 Å². The Labute approximate surface area is 213 Å². The molecule has 41 heavy (non-hydrogen) atoms. The normalized spacial score (nSPS) is 12.3. The van der Waals surface area contributed by atoms with E-state index in [9.17, 15) is 79.8 Å². The first kappa shape index (κ1) is 33.1. The SMILES string of the molecule is O=C(Nc1c(F)c(F)c(F)c(F)c1F)OCC(F)(F)C(F)(F)C(F)(F)COC(=O)Nc1c(F)c(F)c(F)c(F)c1F. The highest BCUT2D eigenvalue weighted by Gasteiger charge is 2.72. The lowest BCUT2D eigenvalue weighted by Gasteiger charge is -2.32. The number of hydrogen-bond acceptors (Lipinski definition) is 4. The van der Waals surface area contributed by atoms with Gasteiger partial charge in [0, 0.05) is 0 Å². The van der Waals surface area contributed by atoms with E-state index in [0.29, 0.717) is 10.6 Å². The van der Waals surface area contributed by atoms with Crippen molar-refractivity contribution in [3.63, 3.8) is 0 Å². The summed E-state index contributed by atoms with van der Waals surface area (Å²) in [6, 6.07) is 0. The minimum Gasteiger partial charge on any atom is -0.443 e. The third-order valence-corrected chi connectivity index (χ3v) is 4.56. The number of amides is 2. The van der Waals surface area contributed by atoms with Crippen molar-refractivity contribution >= 4 is 23.6 Å². The summed E-state index contributed by atoms with van der Waals surface area (Å²) in [7, 11) is 0. The van der Waals surface area contributed by atoms with E-state index < -0.39 is 113 Å². The van der Waals surface area contributed by atoms with Gasteiger partial charge in [-0.05, 0) is 0 Å². The molecule has 228 valence electrons. The first-order valence-corrected chi connectivity index (χ1v) is 9.62. The highest BCUT2D eigenvalue weighted by atomic mass is 19.3. The van der Waals surface area contributed by atoms with E-state index in [1.165, 1.54) is 0 Å². The Kier molecular flexibility index (Phi) is 9.18. The quantitative estimate of drug-likeness (QED) is 0.192. The maximum Gasteiger partial charge on any atom is 0.412 e. The molecule has 0 aliphatic heterocycles. The molecule has 0 bridgehead atoms. The lowest BCUT2D eigenvalue weighted by molar-refractivity contribution is -0.322. The molecule has 0 saturated carbocycles. The molecule has 0 saturated heterocycles. The summed E-state index contributed by atoms with van der Waals surface area (Å²) in [5.74, 6) is -46.0. The van der Waals surface area contributed by atoms with Gasteiger partial charge >= 0.3 is 30.0 Å². The van der Waals surface area contributed by atoms with Crippen LogP contribution in [0.2, 0.25) is 0 Å². The molecule has 2 aromatic carbocycles. The number of benzene rings is 2. The molecular formula is C19H6F16N2O4. The molecule has 0 atom stereocenters. The fraction of sp³-hybridized carbons (Fsp3) is 0.263. The molecule has 2 amide bonds. The van der Waals surface area contributed by atoms with E-state index in [1.807, 2.05) is 0 Å². The van der Waals surface area contributed by atoms with Crippen LogP contribution in [0.3, 0.4) is 0 Å². The lowest BCUT2D eigenvalue weighted by atomic mass is 10.1. The van der Waals surface area contributed by atoms with Crippen molar-refractivity contribution in [1.29, 1.82) is 0 Å². The van der Waals surface area contributed by atoms with Crippen LogP contribution in [0.4, 0.5) is 91.2 Å². The Balaban J connectivity index is 2.11. The van der Waals surface area contributed by atoms with Crippen molar-refractivity contribution in [2.75, 3.05) is 23.8 Å². The molecular weight excluding hydrogens is 624 g/mol. The van der Waals surface area contributed by atoms with Crippen LogP contribution in [0.5, 0.6) is 0 Å². The Hall–Kier alpha value is -4.14. The Morgan fingerprint density at radius 3 is 0.927 bits per heavy atom. The second-order valence-electron chi connectivity index (χ2n) is 7.28. The number of rotatable bonds is 8. The molecule has 2 N–H and O–H groups in total. The van der Waals surface area contributed by atoms with Gasteiger partial charge in [0.2, 0.25) is 11.6 Å². The first-order chi connectivity index (χ1) is 18.6. The van der Waals surface area contributed by atoms with Gasteiger partial charge < -0.3 is 9.47 Å². The van der Waals surface area contributed by atoms with E-state index in [2.05, 4.69) is 9.47 Å². The summed E-state index contributed by atoms with van der Waals surface area (Å²) in [5.41, 5.74) is -4.42. The largest absolute Gasteiger partial charge is 0.443 e. The van der Waals surface area contributed by atoms with Crippen LogP contribution in [0.25, 0.3) is 0 Å². The van der Waals surface area contributed by atoms with Crippen LogP contribution in [-0.2, 0) is 9.47 Å². The number of anilines is 2. The minimum absolute atomic E-state index is 0.695. The molecule has 0 aliphatic rings. The highest BCUT2D eigenvalue weighted by Crippen LogP contribution is 2.46. The fourth-order valence-corrected chi connectivity index (χ4v) is 2.47.